The molecule has 2 heterocycles. The van der Waals surface area contributed by atoms with Crippen molar-refractivity contribution in [1.29, 1.82) is 0 Å². The molecule has 2 fully saturated rings. The molecule has 0 aromatic rings. The number of fused-ring (bicyclic) bond motifs is 1. The molecule has 0 spiro atoms. The number of aliphatic hydroxyl groups excluding tert-OH is 1. The van der Waals surface area contributed by atoms with E-state index >= 15 is 0 Å². The first-order chi connectivity index (χ1) is 5.79. The van der Waals surface area contributed by atoms with Crippen LogP contribution in [0.2, 0.25) is 0 Å². The topological polar surface area (TPSA) is 38.7 Å². The van der Waals surface area contributed by atoms with E-state index < -0.39 is 6.10 Å². The fourth-order valence-corrected chi connectivity index (χ4v) is 1.67. The Morgan fingerprint density at radius 2 is 1.67 bits per heavy atom. The standard InChI is InChI=1S/C7H12O3.C2H6/c1-4-2-9-7-5(8)3-10-6(4)7;1-2/h4-8H,2-3H2,1H3;1-2H3/t4-,5?,6+,7+;/m0./s1. The number of rotatable bonds is 0. The van der Waals surface area contributed by atoms with Crippen molar-refractivity contribution in [2.45, 2.75) is 39.1 Å². The van der Waals surface area contributed by atoms with Crippen molar-refractivity contribution in [2.24, 2.45) is 5.92 Å². The molecule has 0 saturated carbocycles. The minimum atomic E-state index is -0.394. The van der Waals surface area contributed by atoms with Gasteiger partial charge < -0.3 is 14.6 Å². The van der Waals surface area contributed by atoms with E-state index in [4.69, 9.17) is 9.47 Å². The van der Waals surface area contributed by atoms with E-state index in [-0.39, 0.29) is 12.2 Å². The molecule has 12 heavy (non-hydrogen) atoms. The minimum absolute atomic E-state index is 0.0463. The minimum Gasteiger partial charge on any atom is -0.388 e. The molecule has 0 aromatic carbocycles. The van der Waals surface area contributed by atoms with Crippen LogP contribution in [-0.4, -0.2) is 36.6 Å². The first-order valence-corrected chi connectivity index (χ1v) is 4.70. The largest absolute Gasteiger partial charge is 0.388 e. The molecule has 2 aliphatic heterocycles. The van der Waals surface area contributed by atoms with E-state index in [1.807, 2.05) is 13.8 Å². The van der Waals surface area contributed by atoms with Crippen molar-refractivity contribution < 1.29 is 14.6 Å². The van der Waals surface area contributed by atoms with Gasteiger partial charge in [0.05, 0.1) is 19.3 Å². The zero-order valence-electron chi connectivity index (χ0n) is 7.99. The Morgan fingerprint density at radius 1 is 1.08 bits per heavy atom. The molecule has 1 N–H and O–H groups in total. The van der Waals surface area contributed by atoms with Crippen LogP contribution in [0.1, 0.15) is 20.8 Å². The normalized spacial score (nSPS) is 45.0. The van der Waals surface area contributed by atoms with Gasteiger partial charge >= 0.3 is 0 Å². The van der Waals surface area contributed by atoms with Crippen molar-refractivity contribution in [3.8, 4) is 0 Å². The zero-order valence-corrected chi connectivity index (χ0v) is 7.99. The van der Waals surface area contributed by atoms with Crippen LogP contribution < -0.4 is 0 Å². The third kappa shape index (κ3) is 1.63. The Labute approximate surface area is 73.7 Å². The van der Waals surface area contributed by atoms with E-state index in [1.54, 1.807) is 0 Å². The Bertz CT molecular complexity index is 122. The number of ether oxygens (including phenoxy) is 2. The van der Waals surface area contributed by atoms with Crippen LogP contribution in [-0.2, 0) is 9.47 Å². The summed E-state index contributed by atoms with van der Waals surface area (Å²) in [7, 11) is 0. The smallest absolute Gasteiger partial charge is 0.112 e. The molecule has 1 unspecified atom stereocenters. The molecule has 0 amide bonds. The van der Waals surface area contributed by atoms with Gasteiger partial charge in [-0.25, -0.2) is 0 Å². The predicted molar refractivity (Wildman–Crippen MR) is 46.0 cm³/mol. The van der Waals surface area contributed by atoms with Crippen LogP contribution in [0, 0.1) is 5.92 Å². The highest BCUT2D eigenvalue weighted by atomic mass is 16.6. The summed E-state index contributed by atoms with van der Waals surface area (Å²) >= 11 is 0. The summed E-state index contributed by atoms with van der Waals surface area (Å²) in [5.74, 6) is 0.446. The maximum absolute atomic E-state index is 9.27. The van der Waals surface area contributed by atoms with Crippen LogP contribution in [0.5, 0.6) is 0 Å². The van der Waals surface area contributed by atoms with Crippen LogP contribution in [0.3, 0.4) is 0 Å². The Balaban J connectivity index is 0.000000336. The number of aliphatic hydroxyl groups is 1. The summed E-state index contributed by atoms with van der Waals surface area (Å²) in [6, 6.07) is 0. The van der Waals surface area contributed by atoms with E-state index in [0.29, 0.717) is 12.5 Å². The molecule has 4 atom stereocenters. The summed E-state index contributed by atoms with van der Waals surface area (Å²) in [6.45, 7) is 7.26. The summed E-state index contributed by atoms with van der Waals surface area (Å²) in [6.07, 6.45) is -0.292. The second kappa shape index (κ2) is 4.21. The molecule has 2 rings (SSSR count). The highest BCUT2D eigenvalue weighted by Crippen LogP contribution is 2.30. The Morgan fingerprint density at radius 3 is 2.25 bits per heavy atom. The maximum Gasteiger partial charge on any atom is 0.112 e. The molecule has 0 aliphatic carbocycles. The zero-order chi connectivity index (χ0) is 9.14. The molecule has 72 valence electrons. The van der Waals surface area contributed by atoms with Gasteiger partial charge in [-0.1, -0.05) is 20.8 Å². The van der Waals surface area contributed by atoms with Crippen LogP contribution >= 0.6 is 0 Å². The molecule has 3 nitrogen and oxygen atoms in total. The summed E-state index contributed by atoms with van der Waals surface area (Å²) in [5, 5.41) is 9.27. The van der Waals surface area contributed by atoms with Gasteiger partial charge in [0.2, 0.25) is 0 Å². The first kappa shape index (κ1) is 9.96. The fourth-order valence-electron chi connectivity index (χ4n) is 1.67. The van der Waals surface area contributed by atoms with Crippen molar-refractivity contribution >= 4 is 0 Å². The SMILES string of the molecule is CC.C[C@H]1CO[C@@H]2C(O)CO[C@@H]21. The summed E-state index contributed by atoms with van der Waals surface area (Å²) < 4.78 is 10.7. The molecule has 0 bridgehead atoms. The van der Waals surface area contributed by atoms with Crippen LogP contribution in [0.25, 0.3) is 0 Å². The lowest BCUT2D eigenvalue weighted by atomic mass is 10.0. The average Bonchev–Trinajstić information content (AvgIpc) is 2.62. The first-order valence-electron chi connectivity index (χ1n) is 4.70. The molecular weight excluding hydrogens is 156 g/mol. The van der Waals surface area contributed by atoms with E-state index in [0.717, 1.165) is 6.61 Å². The highest BCUT2D eigenvalue weighted by molar-refractivity contribution is 4.92. The average molecular weight is 174 g/mol. The lowest BCUT2D eigenvalue weighted by molar-refractivity contribution is 0.0173. The van der Waals surface area contributed by atoms with Crippen molar-refractivity contribution in [3.63, 3.8) is 0 Å². The van der Waals surface area contributed by atoms with Gasteiger partial charge in [0, 0.05) is 5.92 Å². The van der Waals surface area contributed by atoms with Crippen LogP contribution in [0.4, 0.5) is 0 Å². The third-order valence-corrected chi connectivity index (χ3v) is 2.27. The van der Waals surface area contributed by atoms with Gasteiger partial charge in [-0.3, -0.25) is 0 Å². The molecule has 3 heteroatoms. The summed E-state index contributed by atoms with van der Waals surface area (Å²) in [5.41, 5.74) is 0. The van der Waals surface area contributed by atoms with E-state index in [2.05, 4.69) is 6.92 Å². The third-order valence-electron chi connectivity index (χ3n) is 2.27. The lowest BCUT2D eigenvalue weighted by Gasteiger charge is -2.10. The van der Waals surface area contributed by atoms with Crippen LogP contribution in [0.15, 0.2) is 0 Å². The van der Waals surface area contributed by atoms with Gasteiger partial charge in [0.15, 0.2) is 0 Å². The lowest BCUT2D eigenvalue weighted by Crippen LogP contribution is -2.28. The van der Waals surface area contributed by atoms with E-state index in [1.165, 1.54) is 0 Å². The molecule has 2 saturated heterocycles. The van der Waals surface area contributed by atoms with Gasteiger partial charge in [0.1, 0.15) is 12.2 Å². The highest BCUT2D eigenvalue weighted by Gasteiger charge is 2.44. The molecule has 2 aliphatic rings. The monoisotopic (exact) mass is 174 g/mol. The molecular formula is C9H18O3. The second-order valence-corrected chi connectivity index (χ2v) is 3.14. The van der Waals surface area contributed by atoms with Crippen molar-refractivity contribution in [1.82, 2.24) is 0 Å². The van der Waals surface area contributed by atoms with Crippen molar-refractivity contribution in [2.75, 3.05) is 13.2 Å². The molecule has 0 aromatic heterocycles. The van der Waals surface area contributed by atoms with Gasteiger partial charge in [-0.2, -0.15) is 0 Å². The quantitative estimate of drug-likeness (QED) is 0.590. The Hall–Kier alpha value is -0.120. The van der Waals surface area contributed by atoms with Crippen molar-refractivity contribution in [3.05, 3.63) is 0 Å². The molecule has 0 radical (unpaired) electrons. The van der Waals surface area contributed by atoms with Gasteiger partial charge in [-0.15, -0.1) is 0 Å². The number of hydrogen-bond donors (Lipinski definition) is 1. The number of hydrogen-bond acceptors (Lipinski definition) is 3. The van der Waals surface area contributed by atoms with E-state index in [9.17, 15) is 5.11 Å². The van der Waals surface area contributed by atoms with Gasteiger partial charge in [-0.05, 0) is 0 Å². The predicted octanol–water partition coefficient (Wildman–Crippen LogP) is 0.807. The van der Waals surface area contributed by atoms with Gasteiger partial charge in [0.25, 0.3) is 0 Å². The Kier molecular flexibility index (Phi) is 3.50. The fraction of sp³-hybridized carbons (Fsp3) is 1.00. The second-order valence-electron chi connectivity index (χ2n) is 3.14. The summed E-state index contributed by atoms with van der Waals surface area (Å²) in [4.78, 5) is 0. The maximum atomic E-state index is 9.27.